The smallest absolute Gasteiger partial charge is 0.115 e. The molecule has 1 aromatic heterocycles. The van der Waals surface area contributed by atoms with Crippen molar-refractivity contribution in [2.75, 3.05) is 13.1 Å². The summed E-state index contributed by atoms with van der Waals surface area (Å²) in [6.45, 7) is 3.00. The number of phenolic OH excluding ortho intramolecular Hbond substituents is 1. The van der Waals surface area contributed by atoms with Crippen LogP contribution in [-0.4, -0.2) is 32.9 Å². The van der Waals surface area contributed by atoms with E-state index in [1.807, 2.05) is 30.1 Å². The number of aromatic hydroxyl groups is 1. The Hall–Kier alpha value is -1.33. The molecule has 20 heavy (non-hydrogen) atoms. The maximum Gasteiger partial charge on any atom is 0.115 e. The molecule has 0 saturated carbocycles. The van der Waals surface area contributed by atoms with Crippen LogP contribution in [0.2, 0.25) is 0 Å². The molecule has 0 spiro atoms. The molecule has 0 unspecified atom stereocenters. The van der Waals surface area contributed by atoms with E-state index < -0.39 is 0 Å². The van der Waals surface area contributed by atoms with Crippen LogP contribution in [0.15, 0.2) is 35.1 Å². The lowest BCUT2D eigenvalue weighted by Crippen LogP contribution is -2.19. The fourth-order valence-electron chi connectivity index (χ4n) is 2.82. The second-order valence-corrected chi connectivity index (χ2v) is 6.30. The van der Waals surface area contributed by atoms with Gasteiger partial charge in [-0.05, 0) is 42.3 Å². The Morgan fingerprint density at radius 3 is 3.05 bits per heavy atom. The Morgan fingerprint density at radius 2 is 2.30 bits per heavy atom. The molecule has 1 saturated heterocycles. The fraction of sp³-hybridized carbons (Fsp3) is 0.400. The summed E-state index contributed by atoms with van der Waals surface area (Å²) in [4.78, 5) is 2.43. The molecule has 0 aliphatic carbocycles. The first-order valence-electron chi connectivity index (χ1n) is 6.80. The van der Waals surface area contributed by atoms with Gasteiger partial charge in [-0.25, -0.2) is 0 Å². The summed E-state index contributed by atoms with van der Waals surface area (Å²) in [6.07, 6.45) is 5.25. The Morgan fingerprint density at radius 1 is 1.45 bits per heavy atom. The van der Waals surface area contributed by atoms with Gasteiger partial charge in [-0.1, -0.05) is 15.9 Å². The predicted octanol–water partition coefficient (Wildman–Crippen LogP) is 2.88. The zero-order chi connectivity index (χ0) is 14.1. The van der Waals surface area contributed by atoms with Crippen LogP contribution in [0.3, 0.4) is 0 Å². The van der Waals surface area contributed by atoms with Gasteiger partial charge in [0.1, 0.15) is 5.75 Å². The van der Waals surface area contributed by atoms with E-state index in [0.717, 1.165) is 29.7 Å². The number of halogens is 1. The van der Waals surface area contributed by atoms with E-state index in [2.05, 4.69) is 32.1 Å². The molecule has 106 valence electrons. The van der Waals surface area contributed by atoms with Gasteiger partial charge in [0.05, 0.1) is 6.20 Å². The first-order valence-corrected chi connectivity index (χ1v) is 7.59. The predicted molar refractivity (Wildman–Crippen MR) is 81.6 cm³/mol. The minimum absolute atomic E-state index is 0.325. The van der Waals surface area contributed by atoms with Crippen molar-refractivity contribution in [1.29, 1.82) is 0 Å². The van der Waals surface area contributed by atoms with Crippen molar-refractivity contribution in [1.82, 2.24) is 14.7 Å². The molecule has 2 aromatic rings. The maximum absolute atomic E-state index is 9.59. The number of hydrogen-bond acceptors (Lipinski definition) is 3. The number of nitrogens with zero attached hydrogens (tertiary/aromatic N) is 3. The van der Waals surface area contributed by atoms with Gasteiger partial charge in [0.15, 0.2) is 0 Å². The minimum atomic E-state index is 0.325. The van der Waals surface area contributed by atoms with Crippen LogP contribution < -0.4 is 0 Å². The molecule has 1 aliphatic rings. The lowest BCUT2D eigenvalue weighted by Gasteiger charge is -2.17. The summed E-state index contributed by atoms with van der Waals surface area (Å²) in [5, 5.41) is 13.8. The molecule has 0 bridgehead atoms. The molecule has 5 heteroatoms. The number of rotatable bonds is 3. The van der Waals surface area contributed by atoms with Gasteiger partial charge < -0.3 is 5.11 Å². The van der Waals surface area contributed by atoms with E-state index in [-0.39, 0.29) is 0 Å². The zero-order valence-electron chi connectivity index (χ0n) is 11.5. The lowest BCUT2D eigenvalue weighted by molar-refractivity contribution is 0.325. The van der Waals surface area contributed by atoms with E-state index in [1.54, 1.807) is 6.07 Å². The van der Waals surface area contributed by atoms with Crippen LogP contribution in [0.25, 0.3) is 0 Å². The molecule has 3 rings (SSSR count). The Bertz CT molecular complexity index is 611. The highest BCUT2D eigenvalue weighted by Crippen LogP contribution is 2.30. The summed E-state index contributed by atoms with van der Waals surface area (Å²) in [6, 6.07) is 5.44. The zero-order valence-corrected chi connectivity index (χ0v) is 13.0. The summed E-state index contributed by atoms with van der Waals surface area (Å²) < 4.78 is 2.92. The van der Waals surface area contributed by atoms with Crippen LogP contribution in [0.5, 0.6) is 5.75 Å². The standard InChI is InChI=1S/C15H18BrN3O/c1-18-8-13(7-17-18)11-4-5-19(9-11)10-12-6-14(20)2-3-15(12)16/h2-3,6-8,11,20H,4-5,9-10H2,1H3/t11-/m1/s1. The quantitative estimate of drug-likeness (QED) is 0.937. The molecule has 4 nitrogen and oxygen atoms in total. The van der Waals surface area contributed by atoms with Gasteiger partial charge in [0, 0.05) is 36.7 Å². The van der Waals surface area contributed by atoms with Crippen molar-refractivity contribution >= 4 is 15.9 Å². The van der Waals surface area contributed by atoms with Crippen LogP contribution in [0, 0.1) is 0 Å². The first-order chi connectivity index (χ1) is 9.61. The van der Waals surface area contributed by atoms with Gasteiger partial charge >= 0.3 is 0 Å². The van der Waals surface area contributed by atoms with Gasteiger partial charge in [-0.3, -0.25) is 9.58 Å². The van der Waals surface area contributed by atoms with Gasteiger partial charge in [-0.15, -0.1) is 0 Å². The van der Waals surface area contributed by atoms with Crippen LogP contribution in [-0.2, 0) is 13.6 Å². The van der Waals surface area contributed by atoms with Crippen molar-refractivity contribution in [3.63, 3.8) is 0 Å². The average Bonchev–Trinajstić information content (AvgIpc) is 3.03. The highest BCUT2D eigenvalue weighted by atomic mass is 79.9. The third-order valence-corrected chi connectivity index (χ3v) is 4.67. The van der Waals surface area contributed by atoms with Crippen molar-refractivity contribution in [2.24, 2.45) is 7.05 Å². The molecule has 1 N–H and O–H groups in total. The average molecular weight is 336 g/mol. The Kier molecular flexibility index (Phi) is 3.81. The molecule has 0 amide bonds. The minimum Gasteiger partial charge on any atom is -0.508 e. The number of phenols is 1. The molecule has 0 radical (unpaired) electrons. The SMILES string of the molecule is Cn1cc([C@@H]2CCN(Cc3cc(O)ccc3Br)C2)cn1. The second kappa shape index (κ2) is 5.58. The topological polar surface area (TPSA) is 41.3 Å². The molecular weight excluding hydrogens is 318 g/mol. The monoisotopic (exact) mass is 335 g/mol. The van der Waals surface area contributed by atoms with Gasteiger partial charge in [0.2, 0.25) is 0 Å². The number of aryl methyl sites for hydroxylation is 1. The summed E-state index contributed by atoms with van der Waals surface area (Å²) in [7, 11) is 1.96. The van der Waals surface area contributed by atoms with Crippen molar-refractivity contribution in [3.05, 3.63) is 46.2 Å². The van der Waals surface area contributed by atoms with E-state index in [1.165, 1.54) is 12.0 Å². The van der Waals surface area contributed by atoms with E-state index in [9.17, 15) is 5.11 Å². The highest BCUT2D eigenvalue weighted by molar-refractivity contribution is 9.10. The third-order valence-electron chi connectivity index (χ3n) is 3.89. The number of hydrogen-bond donors (Lipinski definition) is 1. The molecule has 1 aromatic carbocycles. The van der Waals surface area contributed by atoms with Crippen LogP contribution in [0.1, 0.15) is 23.5 Å². The van der Waals surface area contributed by atoms with E-state index >= 15 is 0 Å². The van der Waals surface area contributed by atoms with Crippen molar-refractivity contribution < 1.29 is 5.11 Å². The fourth-order valence-corrected chi connectivity index (χ4v) is 3.19. The van der Waals surface area contributed by atoms with Crippen molar-refractivity contribution in [2.45, 2.75) is 18.9 Å². The molecular formula is C15H18BrN3O. The lowest BCUT2D eigenvalue weighted by atomic mass is 10.0. The summed E-state index contributed by atoms with van der Waals surface area (Å²) >= 11 is 3.55. The third kappa shape index (κ3) is 2.88. The van der Waals surface area contributed by atoms with Gasteiger partial charge in [0.25, 0.3) is 0 Å². The van der Waals surface area contributed by atoms with Crippen molar-refractivity contribution in [3.8, 4) is 5.75 Å². The van der Waals surface area contributed by atoms with E-state index in [0.29, 0.717) is 11.7 Å². The van der Waals surface area contributed by atoms with E-state index in [4.69, 9.17) is 0 Å². The van der Waals surface area contributed by atoms with Crippen LogP contribution in [0.4, 0.5) is 0 Å². The first kappa shape index (κ1) is 13.6. The van der Waals surface area contributed by atoms with Gasteiger partial charge in [-0.2, -0.15) is 5.10 Å². The Labute approximate surface area is 127 Å². The number of aromatic nitrogens is 2. The second-order valence-electron chi connectivity index (χ2n) is 5.44. The normalized spacial score (nSPS) is 19.6. The number of benzene rings is 1. The largest absolute Gasteiger partial charge is 0.508 e. The summed E-state index contributed by atoms with van der Waals surface area (Å²) in [5.41, 5.74) is 2.46. The Balaban J connectivity index is 1.67. The molecule has 2 heterocycles. The molecule has 1 fully saturated rings. The molecule has 1 atom stereocenters. The maximum atomic E-state index is 9.59. The number of likely N-dealkylation sites (tertiary alicyclic amines) is 1. The highest BCUT2D eigenvalue weighted by Gasteiger charge is 2.25. The summed E-state index contributed by atoms with van der Waals surface area (Å²) in [5.74, 6) is 0.894. The molecule has 1 aliphatic heterocycles. The van der Waals surface area contributed by atoms with Crippen LogP contribution >= 0.6 is 15.9 Å².